The van der Waals surface area contributed by atoms with Gasteiger partial charge in [-0.1, -0.05) is 24.3 Å². The Morgan fingerprint density at radius 1 is 0.789 bits per heavy atom. The quantitative estimate of drug-likeness (QED) is 0.674. The van der Waals surface area contributed by atoms with Gasteiger partial charge in [-0.25, -0.2) is 0 Å². The second-order valence-corrected chi connectivity index (χ2v) is 5.03. The van der Waals surface area contributed by atoms with Gasteiger partial charge in [-0.05, 0) is 24.3 Å². The van der Waals surface area contributed by atoms with Crippen LogP contribution in [0.3, 0.4) is 0 Å². The number of nitrogens with one attached hydrogen (secondary N) is 3. The predicted octanol–water partition coefficient (Wildman–Crippen LogP) is 2.74. The van der Waals surface area contributed by atoms with E-state index in [-0.39, 0.29) is 12.3 Å². The number of hydrogen-bond acceptors (Lipinski definition) is 4. The molecule has 0 spiro atoms. The lowest BCUT2D eigenvalue weighted by Crippen LogP contribution is -2.58. The summed E-state index contributed by atoms with van der Waals surface area (Å²) in [6.07, 6.45) is 0.361. The fraction of sp³-hybridized carbons (Fsp3) is 0.200. The van der Waals surface area contributed by atoms with E-state index in [1.54, 1.807) is 0 Å². The molecule has 2 atom stereocenters. The lowest BCUT2D eigenvalue weighted by atomic mass is 10.1. The van der Waals surface area contributed by atoms with E-state index < -0.39 is 0 Å². The molecule has 3 N–H and O–H groups in total. The van der Waals surface area contributed by atoms with Gasteiger partial charge >= 0.3 is 0 Å². The number of anilines is 4. The largest absolute Gasteiger partial charge is 0.360 e. The van der Waals surface area contributed by atoms with Gasteiger partial charge in [-0.2, -0.15) is 0 Å². The van der Waals surface area contributed by atoms with Crippen LogP contribution in [0.4, 0.5) is 22.7 Å². The van der Waals surface area contributed by atoms with Gasteiger partial charge in [-0.3, -0.25) is 0 Å². The average molecular weight is 252 g/mol. The Bertz CT molecular complexity index is 625. The van der Waals surface area contributed by atoms with Crippen LogP contribution >= 0.6 is 0 Å². The first-order valence-electron chi connectivity index (χ1n) is 6.53. The first-order chi connectivity index (χ1) is 9.33. The number of likely N-dealkylation sites (N-methyl/N-ethyl adjacent to an activating group) is 1. The van der Waals surface area contributed by atoms with Crippen LogP contribution < -0.4 is 20.9 Å². The molecule has 0 aliphatic carbocycles. The van der Waals surface area contributed by atoms with Crippen LogP contribution in [0.25, 0.3) is 0 Å². The summed E-state index contributed by atoms with van der Waals surface area (Å²) in [5.41, 5.74) is 4.68. The summed E-state index contributed by atoms with van der Waals surface area (Å²) in [5.74, 6) is 0. The molecule has 0 amide bonds. The fourth-order valence-electron chi connectivity index (χ4n) is 2.88. The highest BCUT2D eigenvalue weighted by Gasteiger charge is 2.35. The summed E-state index contributed by atoms with van der Waals surface area (Å²) in [6, 6.07) is 16.7. The van der Waals surface area contributed by atoms with Crippen LogP contribution in [-0.4, -0.2) is 19.4 Å². The first-order valence-corrected chi connectivity index (χ1v) is 6.53. The lowest BCUT2D eigenvalue weighted by molar-refractivity contribution is 0.598. The number of fused-ring (bicyclic) bond motifs is 3. The normalized spacial score (nSPS) is 23.1. The number of benzene rings is 2. The Morgan fingerprint density at radius 2 is 1.37 bits per heavy atom. The van der Waals surface area contributed by atoms with Crippen molar-refractivity contribution >= 4 is 22.7 Å². The van der Waals surface area contributed by atoms with Crippen molar-refractivity contribution in [2.75, 3.05) is 27.9 Å². The molecule has 0 saturated carbocycles. The molecule has 2 unspecified atom stereocenters. The highest BCUT2D eigenvalue weighted by Crippen LogP contribution is 2.37. The van der Waals surface area contributed by atoms with E-state index in [0.717, 1.165) is 11.4 Å². The summed E-state index contributed by atoms with van der Waals surface area (Å²) >= 11 is 0. The van der Waals surface area contributed by atoms with Crippen LogP contribution in [0, 0.1) is 0 Å². The van der Waals surface area contributed by atoms with Crippen molar-refractivity contribution < 1.29 is 0 Å². The second kappa shape index (κ2) is 3.82. The van der Waals surface area contributed by atoms with Crippen LogP contribution in [0.1, 0.15) is 0 Å². The van der Waals surface area contributed by atoms with E-state index in [1.165, 1.54) is 11.4 Å². The summed E-state index contributed by atoms with van der Waals surface area (Å²) in [5, 5.41) is 10.7. The highest BCUT2D eigenvalue weighted by atomic mass is 15.4. The van der Waals surface area contributed by atoms with E-state index >= 15 is 0 Å². The standard InChI is InChI=1S/C15H16N4/c1-19-13-9-5-4-8-12(13)17-14-15(19)18-11-7-3-2-6-10(11)16-14/h2-9,14-18H,1H3. The van der Waals surface area contributed by atoms with Gasteiger partial charge in [0.25, 0.3) is 0 Å². The smallest absolute Gasteiger partial charge is 0.139 e. The van der Waals surface area contributed by atoms with E-state index in [2.05, 4.69) is 70.4 Å². The number of hydrogen-bond donors (Lipinski definition) is 3. The van der Waals surface area contributed by atoms with Gasteiger partial charge in [0.2, 0.25) is 0 Å². The second-order valence-electron chi connectivity index (χ2n) is 5.03. The molecule has 2 aromatic carbocycles. The molecule has 2 aliphatic rings. The average Bonchev–Trinajstić information content (AvgIpc) is 2.46. The van der Waals surface area contributed by atoms with Crippen LogP contribution in [0.15, 0.2) is 48.5 Å². The van der Waals surface area contributed by atoms with E-state index in [1.807, 2.05) is 6.07 Å². The van der Waals surface area contributed by atoms with Crippen LogP contribution in [0.2, 0.25) is 0 Å². The zero-order valence-corrected chi connectivity index (χ0v) is 10.7. The third kappa shape index (κ3) is 1.53. The Balaban J connectivity index is 1.75. The fourth-order valence-corrected chi connectivity index (χ4v) is 2.88. The maximum atomic E-state index is 3.59. The summed E-state index contributed by atoms with van der Waals surface area (Å²) in [4.78, 5) is 2.28. The van der Waals surface area contributed by atoms with Gasteiger partial charge in [-0.15, -0.1) is 0 Å². The van der Waals surface area contributed by atoms with Gasteiger partial charge in [0.05, 0.1) is 22.7 Å². The number of nitrogens with zero attached hydrogens (tertiary/aromatic N) is 1. The van der Waals surface area contributed by atoms with Crippen molar-refractivity contribution in [3.05, 3.63) is 48.5 Å². The predicted molar refractivity (Wildman–Crippen MR) is 79.7 cm³/mol. The zero-order chi connectivity index (χ0) is 12.8. The molecule has 2 aliphatic heterocycles. The molecule has 0 aromatic heterocycles. The third-order valence-electron chi connectivity index (χ3n) is 3.87. The topological polar surface area (TPSA) is 39.3 Å². The highest BCUT2D eigenvalue weighted by molar-refractivity contribution is 5.79. The summed E-state index contributed by atoms with van der Waals surface area (Å²) < 4.78 is 0. The van der Waals surface area contributed by atoms with Crippen molar-refractivity contribution in [1.29, 1.82) is 0 Å². The Morgan fingerprint density at radius 3 is 2.16 bits per heavy atom. The van der Waals surface area contributed by atoms with E-state index in [4.69, 9.17) is 0 Å². The molecule has 19 heavy (non-hydrogen) atoms. The van der Waals surface area contributed by atoms with E-state index in [9.17, 15) is 0 Å². The molecule has 2 heterocycles. The van der Waals surface area contributed by atoms with Crippen molar-refractivity contribution in [2.24, 2.45) is 0 Å². The molecule has 4 heteroatoms. The van der Waals surface area contributed by atoms with Gasteiger partial charge in [0, 0.05) is 7.05 Å². The minimum absolute atomic E-state index is 0.162. The molecule has 96 valence electrons. The van der Waals surface area contributed by atoms with Crippen molar-refractivity contribution in [2.45, 2.75) is 12.3 Å². The molecule has 2 aromatic rings. The minimum atomic E-state index is 0.162. The molecular formula is C15H16N4. The maximum absolute atomic E-state index is 3.59. The van der Waals surface area contributed by atoms with Crippen molar-refractivity contribution in [3.63, 3.8) is 0 Å². The molecular weight excluding hydrogens is 236 g/mol. The number of para-hydroxylation sites is 4. The Labute approximate surface area is 112 Å². The van der Waals surface area contributed by atoms with Crippen LogP contribution in [-0.2, 0) is 0 Å². The monoisotopic (exact) mass is 252 g/mol. The summed E-state index contributed by atoms with van der Waals surface area (Å²) in [6.45, 7) is 0. The molecule has 4 nitrogen and oxygen atoms in total. The van der Waals surface area contributed by atoms with Crippen LogP contribution in [0.5, 0.6) is 0 Å². The summed E-state index contributed by atoms with van der Waals surface area (Å²) in [7, 11) is 2.12. The lowest BCUT2D eigenvalue weighted by Gasteiger charge is -2.46. The van der Waals surface area contributed by atoms with Gasteiger partial charge in [0.1, 0.15) is 12.3 Å². The van der Waals surface area contributed by atoms with E-state index in [0.29, 0.717) is 0 Å². The molecule has 4 rings (SSSR count). The zero-order valence-electron chi connectivity index (χ0n) is 10.7. The van der Waals surface area contributed by atoms with Crippen molar-refractivity contribution in [1.82, 2.24) is 0 Å². The maximum Gasteiger partial charge on any atom is 0.139 e. The first kappa shape index (κ1) is 10.6. The Hall–Kier alpha value is -2.36. The molecule has 0 fully saturated rings. The van der Waals surface area contributed by atoms with Crippen molar-refractivity contribution in [3.8, 4) is 0 Å². The van der Waals surface area contributed by atoms with Gasteiger partial charge in [0.15, 0.2) is 0 Å². The SMILES string of the molecule is CN1c2ccccc2NC2Nc3ccccc3NC21. The van der Waals surface area contributed by atoms with Gasteiger partial charge < -0.3 is 20.9 Å². The molecule has 0 bridgehead atoms. The minimum Gasteiger partial charge on any atom is -0.360 e. The Kier molecular flexibility index (Phi) is 2.12. The third-order valence-corrected chi connectivity index (χ3v) is 3.87. The number of rotatable bonds is 0. The molecule has 0 saturated heterocycles. The molecule has 0 radical (unpaired) electrons.